The fourth-order valence-electron chi connectivity index (χ4n) is 3.05. The molecule has 0 aliphatic carbocycles. The van der Waals surface area contributed by atoms with E-state index in [0.29, 0.717) is 11.1 Å². The zero-order chi connectivity index (χ0) is 26.6. The van der Waals surface area contributed by atoms with E-state index in [2.05, 4.69) is 0 Å². The monoisotopic (exact) mass is 548 g/mol. The van der Waals surface area contributed by atoms with E-state index in [-0.39, 0.29) is 17.4 Å². The van der Waals surface area contributed by atoms with E-state index in [1.54, 1.807) is 48.5 Å². The molecule has 190 valence electrons. The summed E-state index contributed by atoms with van der Waals surface area (Å²) in [6.45, 7) is 0. The van der Waals surface area contributed by atoms with Crippen molar-refractivity contribution in [2.45, 2.75) is 14.7 Å². The van der Waals surface area contributed by atoms with Crippen LogP contribution in [0.3, 0.4) is 0 Å². The predicted molar refractivity (Wildman–Crippen MR) is 125 cm³/mol. The summed E-state index contributed by atoms with van der Waals surface area (Å²) in [5, 5.41) is 0. The molecular weight excluding hydrogens is 531 g/mol. The van der Waals surface area contributed by atoms with Gasteiger partial charge in [-0.05, 0) is 72.8 Å². The normalized spacial score (nSPS) is 13.2. The maximum atomic E-state index is 13.4. The van der Waals surface area contributed by atoms with Crippen molar-refractivity contribution >= 4 is 24.5 Å². The molecule has 0 saturated heterocycles. The van der Waals surface area contributed by atoms with Crippen LogP contribution in [0.1, 0.15) is 15.9 Å². The van der Waals surface area contributed by atoms with Crippen LogP contribution in [0.15, 0.2) is 118 Å². The molecule has 0 unspecified atom stereocenters. The molecule has 0 amide bonds. The number of benzene rings is 4. The topological polar surface area (TPSA) is 17.1 Å². The number of hydrogen-bond acceptors (Lipinski definition) is 1. The Hall–Kier alpha value is -3.23. The average Bonchev–Trinajstić information content (AvgIpc) is 2.80. The number of carbonyl (C=O) groups is 1. The van der Waals surface area contributed by atoms with Gasteiger partial charge >= 0.3 is 33.0 Å². The van der Waals surface area contributed by atoms with E-state index in [1.807, 2.05) is 30.3 Å². The summed E-state index contributed by atoms with van der Waals surface area (Å²) < 4.78 is 86.0. The van der Waals surface area contributed by atoms with Crippen LogP contribution in [0.5, 0.6) is 0 Å². The first-order valence-electron chi connectivity index (χ1n) is 10.1. The first kappa shape index (κ1) is 27.4. The average molecular weight is 548 g/mol. The second-order valence-electron chi connectivity index (χ2n) is 7.39. The summed E-state index contributed by atoms with van der Waals surface area (Å²) in [6.07, 6.45) is 0. The Morgan fingerprint density at radius 3 is 1.17 bits per heavy atom. The smallest absolute Gasteiger partial charge is 0.193 e. The van der Waals surface area contributed by atoms with Gasteiger partial charge in [-0.2, -0.15) is 0 Å². The van der Waals surface area contributed by atoms with Crippen molar-refractivity contribution in [2.24, 2.45) is 0 Å². The van der Waals surface area contributed by atoms with Crippen LogP contribution in [-0.2, 0) is 10.9 Å². The van der Waals surface area contributed by atoms with Gasteiger partial charge in [-0.25, -0.2) is 8.78 Å². The zero-order valence-corrected chi connectivity index (χ0v) is 19.8. The van der Waals surface area contributed by atoms with Crippen LogP contribution in [-0.4, -0.2) is 5.78 Å². The van der Waals surface area contributed by atoms with Gasteiger partial charge in [-0.1, -0.05) is 30.3 Å². The van der Waals surface area contributed by atoms with E-state index >= 15 is 0 Å². The van der Waals surface area contributed by atoms with Crippen LogP contribution in [0, 0.1) is 11.6 Å². The molecule has 36 heavy (non-hydrogen) atoms. The van der Waals surface area contributed by atoms with E-state index in [0.717, 1.165) is 14.7 Å². The summed E-state index contributed by atoms with van der Waals surface area (Å²) in [4.78, 5) is 15.5. The van der Waals surface area contributed by atoms with Crippen molar-refractivity contribution in [3.63, 3.8) is 0 Å². The van der Waals surface area contributed by atoms with E-state index in [1.165, 1.54) is 24.3 Å². The van der Waals surface area contributed by atoms with Crippen LogP contribution in [0.4, 0.5) is 34.0 Å². The Labute approximate surface area is 204 Å². The van der Waals surface area contributed by atoms with Gasteiger partial charge in [-0.3, -0.25) is 4.79 Å². The maximum absolute atomic E-state index is 13.4. The largest absolute Gasteiger partial charge is 0.289 e. The molecule has 0 bridgehead atoms. The molecule has 0 spiro atoms. The van der Waals surface area contributed by atoms with Crippen molar-refractivity contribution in [3.8, 4) is 0 Å². The first-order valence-corrected chi connectivity index (χ1v) is 13.3. The first-order chi connectivity index (χ1) is 16.6. The van der Waals surface area contributed by atoms with Crippen molar-refractivity contribution in [3.05, 3.63) is 126 Å². The van der Waals surface area contributed by atoms with Crippen LogP contribution < -0.4 is 0 Å². The second kappa shape index (κ2) is 9.67. The van der Waals surface area contributed by atoms with Crippen molar-refractivity contribution in [2.75, 3.05) is 0 Å². The molecule has 0 aliphatic rings. The Bertz CT molecular complexity index is 1270. The minimum Gasteiger partial charge on any atom is -0.289 e. The third-order valence-electron chi connectivity index (χ3n) is 4.49. The third-order valence-corrected chi connectivity index (χ3v) is 6.72. The van der Waals surface area contributed by atoms with Crippen LogP contribution in [0.25, 0.3) is 0 Å². The minimum atomic E-state index is -10.7. The summed E-state index contributed by atoms with van der Waals surface area (Å²) in [6, 6.07) is 29.2. The Balaban J connectivity index is 0.000000454. The molecule has 4 aromatic rings. The Kier molecular flexibility index (Phi) is 7.35. The van der Waals surface area contributed by atoms with E-state index < -0.39 is 18.7 Å². The molecule has 0 fully saturated rings. The molecule has 11 heteroatoms. The SMILES string of the molecule is F[P-](F)(F)(F)(F)F.O=C(c1ccccc1)c1ccc([S+](c2ccc(F)cc2)c2ccc(F)cc2)cc1. The van der Waals surface area contributed by atoms with Gasteiger partial charge in [0, 0.05) is 11.1 Å². The maximum Gasteiger partial charge on any atom is 0.193 e. The molecule has 0 aromatic heterocycles. The standard InChI is InChI=1S/C25H17F2OS.F6P/c26-20-8-14-23(15-9-20)29(24-16-10-21(27)11-17-24)22-12-6-19(7-13-22)25(28)18-4-2-1-3-5-18;1-7(2,3,4,5)6/h1-17H;/q+1;-1. The van der Waals surface area contributed by atoms with Gasteiger partial charge in [0.1, 0.15) is 11.6 Å². The summed E-state index contributed by atoms with van der Waals surface area (Å²) >= 11 is 0. The fraction of sp³-hybridized carbons (Fsp3) is 0. The van der Waals surface area contributed by atoms with Crippen LogP contribution in [0.2, 0.25) is 0 Å². The summed E-state index contributed by atoms with van der Waals surface area (Å²) in [7, 11) is -11.2. The van der Waals surface area contributed by atoms with Crippen molar-refractivity contribution < 1.29 is 38.8 Å². The third kappa shape index (κ3) is 9.09. The molecule has 0 saturated carbocycles. The van der Waals surface area contributed by atoms with Gasteiger partial charge in [-0.15, -0.1) is 0 Å². The molecule has 1 nitrogen and oxygen atoms in total. The number of ketones is 1. The minimum absolute atomic E-state index is 0.0411. The number of halogens is 8. The molecule has 4 rings (SSSR count). The fourth-order valence-corrected chi connectivity index (χ4v) is 5.09. The van der Waals surface area contributed by atoms with Crippen molar-refractivity contribution in [1.29, 1.82) is 0 Å². The predicted octanol–water partition coefficient (Wildman–Crippen LogP) is 9.67. The van der Waals surface area contributed by atoms with Gasteiger partial charge in [0.05, 0.1) is 10.9 Å². The van der Waals surface area contributed by atoms with Gasteiger partial charge in [0.25, 0.3) is 0 Å². The van der Waals surface area contributed by atoms with Gasteiger partial charge < -0.3 is 0 Å². The molecule has 0 aliphatic heterocycles. The molecule has 0 N–H and O–H groups in total. The molecule has 0 atom stereocenters. The second-order valence-corrected chi connectivity index (χ2v) is 11.3. The van der Waals surface area contributed by atoms with Gasteiger partial charge in [0.15, 0.2) is 20.5 Å². The quantitative estimate of drug-likeness (QED) is 0.105. The number of hydrogen-bond donors (Lipinski definition) is 0. The Morgan fingerprint density at radius 1 is 0.500 bits per heavy atom. The number of carbonyl (C=O) groups excluding carboxylic acids is 1. The van der Waals surface area contributed by atoms with E-state index in [9.17, 15) is 38.8 Å². The zero-order valence-electron chi connectivity index (χ0n) is 18.1. The van der Waals surface area contributed by atoms with Crippen molar-refractivity contribution in [1.82, 2.24) is 0 Å². The number of rotatable bonds is 5. The molecule has 4 aromatic carbocycles. The molecular formula is C25H17F8OPS. The Morgan fingerprint density at radius 2 is 0.806 bits per heavy atom. The van der Waals surface area contributed by atoms with Crippen LogP contribution >= 0.6 is 7.81 Å². The summed E-state index contributed by atoms with van der Waals surface area (Å²) in [5.41, 5.74) is 1.23. The van der Waals surface area contributed by atoms with Gasteiger partial charge in [0.2, 0.25) is 0 Å². The molecule has 0 radical (unpaired) electrons. The summed E-state index contributed by atoms with van der Waals surface area (Å²) in [5.74, 6) is -0.652. The van der Waals surface area contributed by atoms with E-state index in [4.69, 9.17) is 0 Å². The molecule has 0 heterocycles.